The van der Waals surface area contributed by atoms with Crippen LogP contribution in [-0.2, 0) is 5.33 Å². The summed E-state index contributed by atoms with van der Waals surface area (Å²) in [6, 6.07) is 0. The second kappa shape index (κ2) is 2.75. The minimum absolute atomic E-state index is 0.338. The zero-order valence-corrected chi connectivity index (χ0v) is 7.22. The molecule has 0 aliphatic carbocycles. The zero-order valence-electron chi connectivity index (χ0n) is 4.82. The predicted molar refractivity (Wildman–Crippen MR) is 39.4 cm³/mol. The van der Waals surface area contributed by atoms with E-state index in [1.807, 2.05) is 0 Å². The summed E-state index contributed by atoms with van der Waals surface area (Å²) in [7, 11) is 0. The lowest BCUT2D eigenvalue weighted by Crippen LogP contribution is -1.75. The Hall–Kier alpha value is 0.0400. The maximum atomic E-state index is 12.4. The molecule has 9 heavy (non-hydrogen) atoms. The molecule has 0 N–H and O–H groups in total. The van der Waals surface area contributed by atoms with Crippen molar-refractivity contribution in [1.82, 2.24) is 4.98 Å². The summed E-state index contributed by atoms with van der Waals surface area (Å²) in [5.41, 5.74) is 0. The van der Waals surface area contributed by atoms with Gasteiger partial charge in [-0.05, 0) is 6.92 Å². The minimum atomic E-state index is -0.338. The van der Waals surface area contributed by atoms with Crippen molar-refractivity contribution in [3.05, 3.63) is 15.8 Å². The van der Waals surface area contributed by atoms with E-state index in [1.54, 1.807) is 6.92 Å². The molecule has 1 heterocycles. The first-order chi connectivity index (χ1) is 4.24. The van der Waals surface area contributed by atoms with Crippen molar-refractivity contribution in [3.8, 4) is 0 Å². The molecule has 4 heteroatoms. The van der Waals surface area contributed by atoms with E-state index in [9.17, 15) is 4.39 Å². The van der Waals surface area contributed by atoms with Crippen LogP contribution in [0.5, 0.6) is 0 Å². The Bertz CT molecular complexity index is 191. The summed E-state index contributed by atoms with van der Waals surface area (Å²) in [5, 5.41) is 1.44. The third-order valence-corrected chi connectivity index (χ3v) is 2.75. The van der Waals surface area contributed by atoms with E-state index in [-0.39, 0.29) is 5.95 Å². The highest BCUT2D eigenvalue weighted by atomic mass is 79.9. The first kappa shape index (κ1) is 7.15. The van der Waals surface area contributed by atoms with Crippen LogP contribution >= 0.6 is 27.3 Å². The number of hydrogen-bond donors (Lipinski definition) is 0. The van der Waals surface area contributed by atoms with Gasteiger partial charge in [-0.25, -0.2) is 4.98 Å². The zero-order chi connectivity index (χ0) is 6.85. The Morgan fingerprint density at radius 1 is 1.78 bits per heavy atom. The first-order valence-corrected chi connectivity index (χ1v) is 4.35. The summed E-state index contributed by atoms with van der Waals surface area (Å²) < 4.78 is 12.4. The van der Waals surface area contributed by atoms with Gasteiger partial charge in [0.1, 0.15) is 5.01 Å². The smallest absolute Gasteiger partial charge is 0.212 e. The highest BCUT2D eigenvalue weighted by Gasteiger charge is 2.03. The molecule has 1 aromatic rings. The van der Waals surface area contributed by atoms with E-state index in [2.05, 4.69) is 20.9 Å². The third kappa shape index (κ3) is 1.49. The van der Waals surface area contributed by atoms with Gasteiger partial charge in [0.25, 0.3) is 0 Å². The molecule has 0 aliphatic rings. The average Bonchev–Trinajstić information content (AvgIpc) is 2.13. The van der Waals surface area contributed by atoms with E-state index >= 15 is 0 Å². The van der Waals surface area contributed by atoms with Crippen LogP contribution in [0, 0.1) is 12.9 Å². The van der Waals surface area contributed by atoms with Crippen molar-refractivity contribution < 1.29 is 4.39 Å². The molecule has 1 nitrogen and oxygen atoms in total. The topological polar surface area (TPSA) is 12.9 Å². The number of thiazole rings is 1. The fourth-order valence-electron chi connectivity index (χ4n) is 0.487. The number of aryl methyl sites for hydroxylation is 1. The molecule has 0 fully saturated rings. The van der Waals surface area contributed by atoms with Gasteiger partial charge in [0.2, 0.25) is 5.95 Å². The number of halogens is 2. The maximum Gasteiger partial charge on any atom is 0.226 e. The second-order valence-corrected chi connectivity index (χ2v) is 3.44. The molecule has 0 unspecified atom stereocenters. The van der Waals surface area contributed by atoms with Crippen LogP contribution < -0.4 is 0 Å². The summed E-state index contributed by atoms with van der Waals surface area (Å²) >= 11 is 4.57. The number of rotatable bonds is 1. The largest absolute Gasteiger partial charge is 0.226 e. The molecule has 0 bridgehead atoms. The van der Waals surface area contributed by atoms with E-state index < -0.39 is 0 Å². The lowest BCUT2D eigenvalue weighted by Gasteiger charge is -1.76. The quantitative estimate of drug-likeness (QED) is 0.649. The summed E-state index contributed by atoms with van der Waals surface area (Å²) in [6.45, 7) is 1.72. The Morgan fingerprint density at radius 2 is 2.44 bits per heavy atom. The van der Waals surface area contributed by atoms with Crippen LogP contribution in [0.1, 0.15) is 9.88 Å². The van der Waals surface area contributed by atoms with Crippen molar-refractivity contribution in [2.75, 3.05) is 0 Å². The van der Waals surface area contributed by atoms with Gasteiger partial charge < -0.3 is 0 Å². The Labute approximate surface area is 65.1 Å². The third-order valence-electron chi connectivity index (χ3n) is 0.899. The standard InChI is InChI=1S/C5H5BrFNS/c1-3-5(7)8-4(2-6)9-3/h2H2,1H3. The lowest BCUT2D eigenvalue weighted by molar-refractivity contribution is 0.582. The maximum absolute atomic E-state index is 12.4. The SMILES string of the molecule is Cc1sc(CBr)nc1F. The number of hydrogen-bond acceptors (Lipinski definition) is 2. The second-order valence-electron chi connectivity index (χ2n) is 1.59. The average molecular weight is 210 g/mol. The molecular weight excluding hydrogens is 205 g/mol. The molecule has 1 aromatic heterocycles. The van der Waals surface area contributed by atoms with Gasteiger partial charge in [-0.3, -0.25) is 0 Å². The van der Waals surface area contributed by atoms with E-state index in [0.717, 1.165) is 5.01 Å². The predicted octanol–water partition coefficient (Wildman–Crippen LogP) is 2.49. The molecular formula is C5H5BrFNS. The Balaban J connectivity index is 2.98. The Kier molecular flexibility index (Phi) is 2.18. The molecule has 0 aliphatic heterocycles. The fraction of sp³-hybridized carbons (Fsp3) is 0.400. The van der Waals surface area contributed by atoms with E-state index in [1.165, 1.54) is 11.3 Å². The van der Waals surface area contributed by atoms with Crippen molar-refractivity contribution in [2.45, 2.75) is 12.3 Å². The van der Waals surface area contributed by atoms with Crippen LogP contribution in [-0.4, -0.2) is 4.98 Å². The first-order valence-electron chi connectivity index (χ1n) is 2.42. The van der Waals surface area contributed by atoms with Crippen LogP contribution in [0.25, 0.3) is 0 Å². The highest BCUT2D eigenvalue weighted by Crippen LogP contribution is 2.17. The van der Waals surface area contributed by atoms with Crippen molar-refractivity contribution >= 4 is 27.3 Å². The van der Waals surface area contributed by atoms with Crippen molar-refractivity contribution in [2.24, 2.45) is 0 Å². The normalized spacial score (nSPS) is 10.1. The van der Waals surface area contributed by atoms with E-state index in [0.29, 0.717) is 10.2 Å². The van der Waals surface area contributed by atoms with Gasteiger partial charge in [0, 0.05) is 0 Å². The van der Waals surface area contributed by atoms with Crippen LogP contribution in [0.4, 0.5) is 4.39 Å². The van der Waals surface area contributed by atoms with Crippen LogP contribution in [0.15, 0.2) is 0 Å². The Morgan fingerprint density at radius 3 is 2.67 bits per heavy atom. The molecule has 0 radical (unpaired) electrons. The molecule has 0 atom stereocenters. The summed E-state index contributed by atoms with van der Waals surface area (Å²) in [4.78, 5) is 4.29. The van der Waals surface area contributed by atoms with Crippen molar-refractivity contribution in [1.29, 1.82) is 0 Å². The lowest BCUT2D eigenvalue weighted by atomic mass is 10.6. The molecule has 0 spiro atoms. The van der Waals surface area contributed by atoms with Gasteiger partial charge in [-0.15, -0.1) is 11.3 Å². The molecule has 0 amide bonds. The fourth-order valence-corrected chi connectivity index (χ4v) is 1.62. The minimum Gasteiger partial charge on any atom is -0.212 e. The number of aromatic nitrogens is 1. The monoisotopic (exact) mass is 209 g/mol. The summed E-state index contributed by atoms with van der Waals surface area (Å²) in [5.74, 6) is -0.338. The molecule has 1 rings (SSSR count). The van der Waals surface area contributed by atoms with Crippen LogP contribution in [0.2, 0.25) is 0 Å². The van der Waals surface area contributed by atoms with Gasteiger partial charge in [0.15, 0.2) is 0 Å². The van der Waals surface area contributed by atoms with Crippen molar-refractivity contribution in [3.63, 3.8) is 0 Å². The van der Waals surface area contributed by atoms with Gasteiger partial charge in [-0.2, -0.15) is 4.39 Å². The molecule has 50 valence electrons. The van der Waals surface area contributed by atoms with Gasteiger partial charge >= 0.3 is 0 Å². The van der Waals surface area contributed by atoms with Gasteiger partial charge in [0.05, 0.1) is 10.2 Å². The molecule has 0 saturated carbocycles. The molecule has 0 aromatic carbocycles. The van der Waals surface area contributed by atoms with E-state index in [4.69, 9.17) is 0 Å². The highest BCUT2D eigenvalue weighted by molar-refractivity contribution is 9.08. The number of nitrogens with zero attached hydrogens (tertiary/aromatic N) is 1. The number of alkyl halides is 1. The summed E-state index contributed by atoms with van der Waals surface area (Å²) in [6.07, 6.45) is 0. The van der Waals surface area contributed by atoms with Gasteiger partial charge in [-0.1, -0.05) is 15.9 Å². The molecule has 0 saturated heterocycles. The van der Waals surface area contributed by atoms with Crippen LogP contribution in [0.3, 0.4) is 0 Å².